The molecule has 1 fully saturated rings. The molecule has 4 heteroatoms. The number of hydrogen-bond acceptors (Lipinski definition) is 4. The summed E-state index contributed by atoms with van der Waals surface area (Å²) >= 11 is 0. The third-order valence-corrected chi connectivity index (χ3v) is 2.22. The number of pyridine rings is 1. The molecule has 0 unspecified atom stereocenters. The van der Waals surface area contributed by atoms with Gasteiger partial charge < -0.3 is 10.6 Å². The monoisotopic (exact) mass is 188 g/mol. The van der Waals surface area contributed by atoms with Crippen LogP contribution in [-0.4, -0.2) is 24.1 Å². The van der Waals surface area contributed by atoms with Gasteiger partial charge in [0, 0.05) is 18.8 Å². The molecule has 1 aliphatic heterocycles. The maximum atomic E-state index is 8.77. The third-order valence-electron chi connectivity index (χ3n) is 2.22. The molecule has 1 aromatic heterocycles. The van der Waals surface area contributed by atoms with Crippen LogP contribution in [0.25, 0.3) is 0 Å². The highest BCUT2D eigenvalue weighted by Crippen LogP contribution is 2.11. The molecule has 2 rings (SSSR count). The standard InChI is InChI=1S/C10H12N4/c1-7-2-8(4-11)3-10(13-7)14-9-5-12-6-9/h2-3,9,12H,5-6H2,1H3,(H,13,14). The van der Waals surface area contributed by atoms with E-state index < -0.39 is 0 Å². The van der Waals surface area contributed by atoms with Crippen LogP contribution in [0.1, 0.15) is 11.3 Å². The van der Waals surface area contributed by atoms with Crippen LogP contribution < -0.4 is 10.6 Å². The Morgan fingerprint density at radius 2 is 2.36 bits per heavy atom. The number of aromatic nitrogens is 1. The van der Waals surface area contributed by atoms with Crippen LogP contribution >= 0.6 is 0 Å². The zero-order valence-electron chi connectivity index (χ0n) is 8.04. The summed E-state index contributed by atoms with van der Waals surface area (Å²) in [5, 5.41) is 15.2. The summed E-state index contributed by atoms with van der Waals surface area (Å²) in [7, 11) is 0. The summed E-state index contributed by atoms with van der Waals surface area (Å²) in [6.07, 6.45) is 0. The highest BCUT2D eigenvalue weighted by Gasteiger charge is 2.16. The molecule has 4 nitrogen and oxygen atoms in total. The van der Waals surface area contributed by atoms with E-state index in [1.54, 1.807) is 12.1 Å². The van der Waals surface area contributed by atoms with Crippen LogP contribution in [0.15, 0.2) is 12.1 Å². The molecule has 0 aromatic carbocycles. The Balaban J connectivity index is 2.16. The zero-order valence-corrected chi connectivity index (χ0v) is 8.04. The highest BCUT2D eigenvalue weighted by atomic mass is 15.1. The Labute approximate surface area is 83.0 Å². The normalized spacial score (nSPS) is 15.7. The van der Waals surface area contributed by atoms with E-state index in [4.69, 9.17) is 5.26 Å². The van der Waals surface area contributed by atoms with Gasteiger partial charge in [-0.2, -0.15) is 5.26 Å². The van der Waals surface area contributed by atoms with E-state index in [1.165, 1.54) is 0 Å². The number of rotatable bonds is 2. The lowest BCUT2D eigenvalue weighted by Crippen LogP contribution is -2.51. The fourth-order valence-corrected chi connectivity index (χ4v) is 1.41. The van der Waals surface area contributed by atoms with Crippen LogP contribution in [0.4, 0.5) is 5.82 Å². The number of hydrogen-bond donors (Lipinski definition) is 2. The number of nitriles is 1. The van der Waals surface area contributed by atoms with Gasteiger partial charge in [-0.1, -0.05) is 0 Å². The lowest BCUT2D eigenvalue weighted by atomic mass is 10.1. The lowest BCUT2D eigenvalue weighted by Gasteiger charge is -2.28. The fourth-order valence-electron chi connectivity index (χ4n) is 1.41. The first-order chi connectivity index (χ1) is 6.78. The van der Waals surface area contributed by atoms with Crippen LogP contribution in [-0.2, 0) is 0 Å². The SMILES string of the molecule is Cc1cc(C#N)cc(NC2CNC2)n1. The maximum absolute atomic E-state index is 8.77. The van der Waals surface area contributed by atoms with Crippen molar-refractivity contribution in [1.29, 1.82) is 5.26 Å². The minimum atomic E-state index is 0.454. The van der Waals surface area contributed by atoms with Crippen LogP contribution in [0, 0.1) is 18.3 Å². The molecule has 0 aliphatic carbocycles. The minimum absolute atomic E-state index is 0.454. The van der Waals surface area contributed by atoms with Crippen molar-refractivity contribution in [2.75, 3.05) is 18.4 Å². The molecule has 14 heavy (non-hydrogen) atoms. The van der Waals surface area contributed by atoms with Gasteiger partial charge in [-0.05, 0) is 19.1 Å². The number of nitrogens with one attached hydrogen (secondary N) is 2. The van der Waals surface area contributed by atoms with Crippen LogP contribution in [0.2, 0.25) is 0 Å². The average Bonchev–Trinajstić information content (AvgIpc) is 2.10. The van der Waals surface area contributed by atoms with E-state index in [1.807, 2.05) is 6.92 Å². The first kappa shape index (κ1) is 8.97. The van der Waals surface area contributed by atoms with Gasteiger partial charge in [0.05, 0.1) is 17.7 Å². The second-order valence-electron chi connectivity index (χ2n) is 3.49. The molecule has 2 N–H and O–H groups in total. The predicted molar refractivity (Wildman–Crippen MR) is 54.0 cm³/mol. The van der Waals surface area contributed by atoms with Crippen molar-refractivity contribution in [2.45, 2.75) is 13.0 Å². The Kier molecular flexibility index (Phi) is 2.33. The van der Waals surface area contributed by atoms with Gasteiger partial charge in [0.1, 0.15) is 5.82 Å². The largest absolute Gasteiger partial charge is 0.365 e. The van der Waals surface area contributed by atoms with Crippen molar-refractivity contribution in [2.24, 2.45) is 0 Å². The molecule has 1 aromatic rings. The smallest absolute Gasteiger partial charge is 0.127 e. The molecule has 72 valence electrons. The summed E-state index contributed by atoms with van der Waals surface area (Å²) in [6.45, 7) is 3.83. The van der Waals surface area contributed by atoms with Gasteiger partial charge >= 0.3 is 0 Å². The second kappa shape index (κ2) is 3.64. The van der Waals surface area contributed by atoms with Crippen LogP contribution in [0.5, 0.6) is 0 Å². The van der Waals surface area contributed by atoms with Crippen molar-refractivity contribution < 1.29 is 0 Å². The first-order valence-corrected chi connectivity index (χ1v) is 4.64. The maximum Gasteiger partial charge on any atom is 0.127 e. The summed E-state index contributed by atoms with van der Waals surface area (Å²) in [4.78, 5) is 4.31. The van der Waals surface area contributed by atoms with E-state index in [0.717, 1.165) is 24.6 Å². The highest BCUT2D eigenvalue weighted by molar-refractivity contribution is 5.45. The Bertz CT molecular complexity index is 376. The predicted octanol–water partition coefficient (Wildman–Crippen LogP) is 0.645. The molecular weight excluding hydrogens is 176 g/mol. The Morgan fingerprint density at radius 1 is 1.57 bits per heavy atom. The number of anilines is 1. The molecular formula is C10H12N4. The Morgan fingerprint density at radius 3 is 2.93 bits per heavy atom. The van der Waals surface area contributed by atoms with Gasteiger partial charge in [0.25, 0.3) is 0 Å². The minimum Gasteiger partial charge on any atom is -0.365 e. The van der Waals surface area contributed by atoms with Gasteiger partial charge in [-0.3, -0.25) is 0 Å². The molecule has 0 radical (unpaired) electrons. The van der Waals surface area contributed by atoms with Crippen molar-refractivity contribution in [3.8, 4) is 6.07 Å². The summed E-state index contributed by atoms with van der Waals surface area (Å²) in [5.74, 6) is 0.799. The molecule has 2 heterocycles. The van der Waals surface area contributed by atoms with Gasteiger partial charge in [-0.25, -0.2) is 4.98 Å². The Hall–Kier alpha value is -1.60. The summed E-state index contributed by atoms with van der Waals surface area (Å²) in [6, 6.07) is 6.14. The molecule has 1 saturated heterocycles. The van der Waals surface area contributed by atoms with Crippen molar-refractivity contribution in [3.05, 3.63) is 23.4 Å². The average molecular weight is 188 g/mol. The quantitative estimate of drug-likeness (QED) is 0.715. The number of nitrogens with zero attached hydrogens (tertiary/aromatic N) is 2. The van der Waals surface area contributed by atoms with Gasteiger partial charge in [-0.15, -0.1) is 0 Å². The second-order valence-corrected chi connectivity index (χ2v) is 3.49. The molecule has 0 bridgehead atoms. The molecule has 0 saturated carbocycles. The first-order valence-electron chi connectivity index (χ1n) is 4.64. The van der Waals surface area contributed by atoms with E-state index in [0.29, 0.717) is 11.6 Å². The van der Waals surface area contributed by atoms with Crippen LogP contribution in [0.3, 0.4) is 0 Å². The van der Waals surface area contributed by atoms with E-state index in [9.17, 15) is 0 Å². The van der Waals surface area contributed by atoms with E-state index in [2.05, 4.69) is 21.7 Å². The van der Waals surface area contributed by atoms with Crippen molar-refractivity contribution in [3.63, 3.8) is 0 Å². The van der Waals surface area contributed by atoms with Gasteiger partial charge in [0.15, 0.2) is 0 Å². The van der Waals surface area contributed by atoms with E-state index >= 15 is 0 Å². The van der Waals surface area contributed by atoms with Gasteiger partial charge in [0.2, 0.25) is 0 Å². The molecule has 0 atom stereocenters. The van der Waals surface area contributed by atoms with Crippen molar-refractivity contribution in [1.82, 2.24) is 10.3 Å². The fraction of sp³-hybridized carbons (Fsp3) is 0.400. The summed E-state index contributed by atoms with van der Waals surface area (Å²) < 4.78 is 0. The topological polar surface area (TPSA) is 60.7 Å². The molecule has 0 spiro atoms. The zero-order chi connectivity index (χ0) is 9.97. The summed E-state index contributed by atoms with van der Waals surface area (Å²) in [5.41, 5.74) is 1.53. The van der Waals surface area contributed by atoms with Crippen molar-refractivity contribution >= 4 is 5.82 Å². The number of aryl methyl sites for hydroxylation is 1. The molecule has 0 amide bonds. The molecule has 1 aliphatic rings. The third kappa shape index (κ3) is 1.83. The lowest BCUT2D eigenvalue weighted by molar-refractivity contribution is 0.471. The van der Waals surface area contributed by atoms with E-state index in [-0.39, 0.29) is 0 Å².